The molecule has 0 unspecified atom stereocenters. The second-order valence-corrected chi connectivity index (χ2v) is 15.0. The fourth-order valence-electron chi connectivity index (χ4n) is 5.96. The molecule has 4 rings (SSSR count). The molecule has 0 amide bonds. The molecule has 0 atom stereocenters. The zero-order valence-electron chi connectivity index (χ0n) is 30.0. The maximum absolute atomic E-state index is 10.1. The van der Waals surface area contributed by atoms with Crippen LogP contribution in [0.3, 0.4) is 0 Å². The zero-order chi connectivity index (χ0) is 34.7. The molecule has 4 nitrogen and oxygen atoms in total. The summed E-state index contributed by atoms with van der Waals surface area (Å²) in [5.41, 5.74) is 8.15. The van der Waals surface area contributed by atoms with Gasteiger partial charge in [-0.1, -0.05) is 132 Å². The topological polar surface area (TPSA) is 80.9 Å². The Morgan fingerprint density at radius 2 is 0.522 bits per heavy atom. The summed E-state index contributed by atoms with van der Waals surface area (Å²) >= 11 is 0. The quantitative estimate of drug-likeness (QED) is 0.157. The molecule has 4 heteroatoms. The van der Waals surface area contributed by atoms with Crippen molar-refractivity contribution in [2.24, 2.45) is 0 Å². The maximum Gasteiger partial charge on any atom is 0.119 e. The minimum Gasteiger partial charge on any atom is -0.508 e. The standard InChI is InChI=1S/2C21H28O2/c2*1-13(2)17-11-15(7-9-19(17)22)21(5,6)16-8-10-20(23)18(12-16)14(3)4/h2*7-14,22-23H,1-6H3. The molecule has 0 aromatic heterocycles. The van der Waals surface area contributed by atoms with Crippen LogP contribution in [0.25, 0.3) is 0 Å². The summed E-state index contributed by atoms with van der Waals surface area (Å²) in [6.45, 7) is 25.4. The van der Waals surface area contributed by atoms with Crippen LogP contribution in [0.15, 0.2) is 72.8 Å². The number of rotatable bonds is 8. The van der Waals surface area contributed by atoms with Crippen molar-refractivity contribution >= 4 is 0 Å². The van der Waals surface area contributed by atoms with Gasteiger partial charge in [0, 0.05) is 10.8 Å². The van der Waals surface area contributed by atoms with Crippen molar-refractivity contribution in [2.45, 2.75) is 118 Å². The molecular formula is C42H56O4. The first-order valence-electron chi connectivity index (χ1n) is 16.6. The second kappa shape index (κ2) is 14.2. The normalized spacial score (nSPS) is 12.2. The van der Waals surface area contributed by atoms with E-state index in [4.69, 9.17) is 0 Å². The molecule has 0 aliphatic heterocycles. The number of phenols is 4. The van der Waals surface area contributed by atoms with Gasteiger partial charge in [0.2, 0.25) is 0 Å². The van der Waals surface area contributed by atoms with Crippen LogP contribution in [0, 0.1) is 0 Å². The maximum atomic E-state index is 10.1. The highest BCUT2D eigenvalue weighted by Gasteiger charge is 2.27. The van der Waals surface area contributed by atoms with Crippen LogP contribution in [0.1, 0.15) is 151 Å². The van der Waals surface area contributed by atoms with Gasteiger partial charge in [0.05, 0.1) is 0 Å². The lowest BCUT2D eigenvalue weighted by Crippen LogP contribution is -2.19. The Balaban J connectivity index is 0.000000250. The minimum absolute atomic E-state index is 0.200. The fourth-order valence-corrected chi connectivity index (χ4v) is 5.96. The van der Waals surface area contributed by atoms with Crippen LogP contribution in [0.2, 0.25) is 0 Å². The van der Waals surface area contributed by atoms with Crippen LogP contribution in [-0.2, 0) is 10.8 Å². The van der Waals surface area contributed by atoms with Gasteiger partial charge < -0.3 is 20.4 Å². The van der Waals surface area contributed by atoms with E-state index >= 15 is 0 Å². The molecule has 0 heterocycles. The Kier molecular flexibility index (Phi) is 11.3. The van der Waals surface area contributed by atoms with Gasteiger partial charge >= 0.3 is 0 Å². The predicted octanol–water partition coefficient (Wildman–Crippen LogP) is 11.3. The molecule has 0 bridgehead atoms. The first-order valence-corrected chi connectivity index (χ1v) is 16.6. The minimum atomic E-state index is -0.200. The van der Waals surface area contributed by atoms with E-state index in [1.165, 1.54) is 22.3 Å². The Hall–Kier alpha value is -3.92. The molecule has 0 radical (unpaired) electrons. The monoisotopic (exact) mass is 624 g/mol. The van der Waals surface area contributed by atoms with Gasteiger partial charge in [0.1, 0.15) is 23.0 Å². The number of hydrogen-bond acceptors (Lipinski definition) is 4. The summed E-state index contributed by atoms with van der Waals surface area (Å²) in [7, 11) is 0. The van der Waals surface area contributed by atoms with Gasteiger partial charge in [-0.2, -0.15) is 0 Å². The van der Waals surface area contributed by atoms with Crippen LogP contribution in [-0.4, -0.2) is 20.4 Å². The van der Waals surface area contributed by atoms with Gasteiger partial charge in [-0.3, -0.25) is 0 Å². The molecular weight excluding hydrogens is 568 g/mol. The number of hydrogen-bond donors (Lipinski definition) is 4. The van der Waals surface area contributed by atoms with E-state index in [-0.39, 0.29) is 34.5 Å². The van der Waals surface area contributed by atoms with Crippen molar-refractivity contribution in [3.63, 3.8) is 0 Å². The Bertz CT molecular complexity index is 1400. The second-order valence-electron chi connectivity index (χ2n) is 15.0. The van der Waals surface area contributed by atoms with Gasteiger partial charge in [0.25, 0.3) is 0 Å². The summed E-state index contributed by atoms with van der Waals surface area (Å²) < 4.78 is 0. The molecule has 4 aromatic rings. The highest BCUT2D eigenvalue weighted by molar-refractivity contribution is 5.50. The van der Waals surface area contributed by atoms with Gasteiger partial charge in [-0.05, 0) is 92.4 Å². The van der Waals surface area contributed by atoms with Crippen molar-refractivity contribution in [3.8, 4) is 23.0 Å². The Labute approximate surface area is 277 Å². The van der Waals surface area contributed by atoms with E-state index in [9.17, 15) is 20.4 Å². The van der Waals surface area contributed by atoms with Gasteiger partial charge in [-0.15, -0.1) is 0 Å². The SMILES string of the molecule is CC(C)c1cc(C(C)(C)c2ccc(O)c(C(C)C)c2)ccc1O.CC(C)c1cc(C(C)(C)c2ccc(O)c(C(C)C)c2)ccc1O. The third kappa shape index (κ3) is 7.89. The Morgan fingerprint density at radius 3 is 0.674 bits per heavy atom. The predicted molar refractivity (Wildman–Crippen MR) is 193 cm³/mol. The van der Waals surface area contributed by atoms with E-state index in [1.807, 2.05) is 24.3 Å². The average molecular weight is 625 g/mol. The molecule has 0 aliphatic rings. The third-order valence-corrected chi connectivity index (χ3v) is 9.48. The smallest absolute Gasteiger partial charge is 0.119 e. The average Bonchev–Trinajstić information content (AvgIpc) is 2.97. The number of aromatic hydroxyl groups is 4. The van der Waals surface area contributed by atoms with Crippen LogP contribution in [0.4, 0.5) is 0 Å². The van der Waals surface area contributed by atoms with Crippen molar-refractivity contribution in [1.82, 2.24) is 0 Å². The molecule has 0 fully saturated rings. The molecule has 4 N–H and O–H groups in total. The first-order chi connectivity index (χ1) is 21.3. The molecule has 0 spiro atoms. The van der Waals surface area contributed by atoms with E-state index in [0.29, 0.717) is 23.0 Å². The van der Waals surface area contributed by atoms with Crippen LogP contribution < -0.4 is 0 Å². The molecule has 4 aromatic carbocycles. The van der Waals surface area contributed by atoms with Gasteiger partial charge in [0.15, 0.2) is 0 Å². The fraction of sp³-hybridized carbons (Fsp3) is 0.429. The lowest BCUT2D eigenvalue weighted by Gasteiger charge is -2.28. The van der Waals surface area contributed by atoms with Crippen LogP contribution in [0.5, 0.6) is 23.0 Å². The highest BCUT2D eigenvalue weighted by Crippen LogP contribution is 2.40. The number of phenolic OH excluding ortho intramolecular Hbond substituents is 4. The van der Waals surface area contributed by atoms with Crippen molar-refractivity contribution in [1.29, 1.82) is 0 Å². The van der Waals surface area contributed by atoms with E-state index < -0.39 is 0 Å². The number of benzene rings is 4. The van der Waals surface area contributed by atoms with E-state index in [2.05, 4.69) is 107 Å². The Morgan fingerprint density at radius 1 is 0.348 bits per heavy atom. The lowest BCUT2D eigenvalue weighted by molar-refractivity contribution is 0.461. The van der Waals surface area contributed by atoms with Crippen LogP contribution >= 0.6 is 0 Å². The summed E-state index contributed by atoms with van der Waals surface area (Å²) in [6.07, 6.45) is 0. The molecule has 248 valence electrons. The highest BCUT2D eigenvalue weighted by atomic mass is 16.3. The van der Waals surface area contributed by atoms with E-state index in [1.54, 1.807) is 24.3 Å². The molecule has 46 heavy (non-hydrogen) atoms. The van der Waals surface area contributed by atoms with Crippen molar-refractivity contribution < 1.29 is 20.4 Å². The largest absolute Gasteiger partial charge is 0.508 e. The summed E-state index contributed by atoms with van der Waals surface area (Å²) in [4.78, 5) is 0. The molecule has 0 saturated heterocycles. The summed E-state index contributed by atoms with van der Waals surface area (Å²) in [6, 6.07) is 23.5. The third-order valence-electron chi connectivity index (χ3n) is 9.48. The first kappa shape index (κ1) is 36.5. The van der Waals surface area contributed by atoms with E-state index in [0.717, 1.165) is 22.3 Å². The van der Waals surface area contributed by atoms with Gasteiger partial charge in [-0.25, -0.2) is 0 Å². The molecule has 0 saturated carbocycles. The summed E-state index contributed by atoms with van der Waals surface area (Å²) in [5, 5.41) is 40.2. The van der Waals surface area contributed by atoms with Crippen molar-refractivity contribution in [2.75, 3.05) is 0 Å². The molecule has 0 aliphatic carbocycles. The zero-order valence-corrected chi connectivity index (χ0v) is 30.0. The lowest BCUT2D eigenvalue weighted by atomic mass is 9.76. The summed E-state index contributed by atoms with van der Waals surface area (Å²) in [5.74, 6) is 2.52. The van der Waals surface area contributed by atoms with Crippen molar-refractivity contribution in [3.05, 3.63) is 117 Å².